The molecule has 0 spiro atoms. The number of hydrogen-bond donors (Lipinski definition) is 1. The first kappa shape index (κ1) is 13.0. The van der Waals surface area contributed by atoms with Crippen LogP contribution < -0.4 is 10.1 Å². The SMILES string of the molecule is CCCNCC1CC1c1cccc2c1OC(C)(C)C2. The van der Waals surface area contributed by atoms with Gasteiger partial charge in [0, 0.05) is 6.42 Å². The Morgan fingerprint density at radius 1 is 1.37 bits per heavy atom. The molecule has 3 rings (SSSR count). The van der Waals surface area contributed by atoms with Crippen molar-refractivity contribution >= 4 is 0 Å². The van der Waals surface area contributed by atoms with Gasteiger partial charge in [-0.05, 0) is 62.7 Å². The van der Waals surface area contributed by atoms with Crippen molar-refractivity contribution in [3.05, 3.63) is 29.3 Å². The van der Waals surface area contributed by atoms with E-state index >= 15 is 0 Å². The smallest absolute Gasteiger partial charge is 0.126 e. The molecule has 1 N–H and O–H groups in total. The number of ether oxygens (including phenoxy) is 1. The Balaban J connectivity index is 1.70. The zero-order valence-corrected chi connectivity index (χ0v) is 12.3. The summed E-state index contributed by atoms with van der Waals surface area (Å²) in [6.07, 6.45) is 3.58. The first-order valence-corrected chi connectivity index (χ1v) is 7.62. The van der Waals surface area contributed by atoms with E-state index in [1.165, 1.54) is 29.7 Å². The Labute approximate surface area is 116 Å². The van der Waals surface area contributed by atoms with E-state index in [0.29, 0.717) is 5.92 Å². The molecule has 1 fully saturated rings. The standard InChI is InChI=1S/C17H25NO/c1-4-8-18-11-13-9-15(13)14-7-5-6-12-10-17(2,3)19-16(12)14/h5-7,13,15,18H,4,8-11H2,1-3H3. The lowest BCUT2D eigenvalue weighted by molar-refractivity contribution is 0.137. The zero-order chi connectivity index (χ0) is 13.5. The summed E-state index contributed by atoms with van der Waals surface area (Å²) >= 11 is 0. The van der Waals surface area contributed by atoms with Gasteiger partial charge in [-0.1, -0.05) is 25.1 Å². The molecule has 2 unspecified atom stereocenters. The van der Waals surface area contributed by atoms with Crippen LogP contribution in [0.4, 0.5) is 0 Å². The van der Waals surface area contributed by atoms with Crippen molar-refractivity contribution in [2.75, 3.05) is 13.1 Å². The Kier molecular flexibility index (Phi) is 3.30. The number of rotatable bonds is 5. The Bertz CT molecular complexity index is 466. The fourth-order valence-electron chi connectivity index (χ4n) is 3.25. The highest BCUT2D eigenvalue weighted by molar-refractivity contribution is 5.49. The van der Waals surface area contributed by atoms with Gasteiger partial charge >= 0.3 is 0 Å². The van der Waals surface area contributed by atoms with Crippen LogP contribution >= 0.6 is 0 Å². The van der Waals surface area contributed by atoms with E-state index in [1.807, 2.05) is 0 Å². The van der Waals surface area contributed by atoms with Gasteiger partial charge in [0.1, 0.15) is 11.4 Å². The van der Waals surface area contributed by atoms with Crippen molar-refractivity contribution in [1.29, 1.82) is 0 Å². The molecule has 2 aliphatic rings. The second kappa shape index (κ2) is 4.82. The van der Waals surface area contributed by atoms with Crippen LogP contribution in [0.3, 0.4) is 0 Å². The molecule has 0 radical (unpaired) electrons. The second-order valence-electron chi connectivity index (χ2n) is 6.68. The molecule has 1 aromatic carbocycles. The average molecular weight is 259 g/mol. The van der Waals surface area contributed by atoms with Crippen molar-refractivity contribution in [3.8, 4) is 5.75 Å². The van der Waals surface area contributed by atoms with Gasteiger partial charge < -0.3 is 10.1 Å². The van der Waals surface area contributed by atoms with Crippen LogP contribution in [0.15, 0.2) is 18.2 Å². The number of fused-ring (bicyclic) bond motifs is 1. The van der Waals surface area contributed by atoms with E-state index < -0.39 is 0 Å². The highest BCUT2D eigenvalue weighted by Crippen LogP contribution is 2.52. The summed E-state index contributed by atoms with van der Waals surface area (Å²) in [6.45, 7) is 8.89. The van der Waals surface area contributed by atoms with Gasteiger partial charge in [-0.2, -0.15) is 0 Å². The summed E-state index contributed by atoms with van der Waals surface area (Å²) in [7, 11) is 0. The largest absolute Gasteiger partial charge is 0.487 e. The fraction of sp³-hybridized carbons (Fsp3) is 0.647. The molecular weight excluding hydrogens is 234 g/mol. The molecule has 1 aliphatic carbocycles. The van der Waals surface area contributed by atoms with Crippen LogP contribution in [0.2, 0.25) is 0 Å². The number of hydrogen-bond acceptors (Lipinski definition) is 2. The highest BCUT2D eigenvalue weighted by Gasteiger charge is 2.42. The molecule has 0 amide bonds. The summed E-state index contributed by atoms with van der Waals surface area (Å²) in [6, 6.07) is 6.69. The maximum Gasteiger partial charge on any atom is 0.126 e. The van der Waals surface area contributed by atoms with Crippen molar-refractivity contribution in [1.82, 2.24) is 5.32 Å². The lowest BCUT2D eigenvalue weighted by atomic mass is 9.99. The van der Waals surface area contributed by atoms with Crippen LogP contribution in [-0.2, 0) is 6.42 Å². The maximum atomic E-state index is 6.18. The summed E-state index contributed by atoms with van der Waals surface area (Å²) in [5.41, 5.74) is 2.82. The molecule has 0 bridgehead atoms. The molecule has 0 saturated heterocycles. The molecule has 104 valence electrons. The molecule has 1 aliphatic heterocycles. The van der Waals surface area contributed by atoms with Crippen molar-refractivity contribution in [2.45, 2.75) is 51.6 Å². The first-order valence-electron chi connectivity index (χ1n) is 7.62. The van der Waals surface area contributed by atoms with Crippen LogP contribution in [0.1, 0.15) is 50.7 Å². The third kappa shape index (κ3) is 2.64. The Morgan fingerprint density at radius 2 is 2.21 bits per heavy atom. The topological polar surface area (TPSA) is 21.3 Å². The normalized spacial score (nSPS) is 26.9. The van der Waals surface area contributed by atoms with Gasteiger partial charge in [-0.15, -0.1) is 0 Å². The predicted molar refractivity (Wildman–Crippen MR) is 78.9 cm³/mol. The fourth-order valence-corrected chi connectivity index (χ4v) is 3.25. The Morgan fingerprint density at radius 3 is 3.00 bits per heavy atom. The number of nitrogens with one attached hydrogen (secondary N) is 1. The van der Waals surface area contributed by atoms with E-state index in [1.54, 1.807) is 0 Å². The summed E-state index contributed by atoms with van der Waals surface area (Å²) < 4.78 is 6.18. The Hall–Kier alpha value is -1.02. The maximum absolute atomic E-state index is 6.18. The minimum Gasteiger partial charge on any atom is -0.487 e. The van der Waals surface area contributed by atoms with Gasteiger partial charge in [-0.25, -0.2) is 0 Å². The molecular formula is C17H25NO. The van der Waals surface area contributed by atoms with Gasteiger partial charge in [0.25, 0.3) is 0 Å². The predicted octanol–water partition coefficient (Wildman–Crippen LogP) is 3.50. The summed E-state index contributed by atoms with van der Waals surface area (Å²) in [5, 5.41) is 3.54. The molecule has 19 heavy (non-hydrogen) atoms. The second-order valence-corrected chi connectivity index (χ2v) is 6.68. The van der Waals surface area contributed by atoms with Crippen LogP contribution in [0.5, 0.6) is 5.75 Å². The third-order valence-corrected chi connectivity index (χ3v) is 4.28. The first-order chi connectivity index (χ1) is 9.11. The van der Waals surface area contributed by atoms with Crippen LogP contribution in [-0.4, -0.2) is 18.7 Å². The summed E-state index contributed by atoms with van der Waals surface area (Å²) in [5.74, 6) is 2.72. The molecule has 1 aromatic rings. The number of benzene rings is 1. The monoisotopic (exact) mass is 259 g/mol. The average Bonchev–Trinajstić information content (AvgIpc) is 3.03. The van der Waals surface area contributed by atoms with E-state index in [4.69, 9.17) is 4.74 Å². The molecule has 1 heterocycles. The molecule has 2 atom stereocenters. The lowest BCUT2D eigenvalue weighted by Crippen LogP contribution is -2.24. The van der Waals surface area contributed by atoms with Gasteiger partial charge in [0.05, 0.1) is 0 Å². The van der Waals surface area contributed by atoms with Crippen molar-refractivity contribution in [2.24, 2.45) is 5.92 Å². The van der Waals surface area contributed by atoms with Gasteiger partial charge in [-0.3, -0.25) is 0 Å². The van der Waals surface area contributed by atoms with Gasteiger partial charge in [0.15, 0.2) is 0 Å². The molecule has 2 heteroatoms. The van der Waals surface area contributed by atoms with Gasteiger partial charge in [0.2, 0.25) is 0 Å². The van der Waals surface area contributed by atoms with E-state index in [-0.39, 0.29) is 5.60 Å². The van der Waals surface area contributed by atoms with Crippen LogP contribution in [0, 0.1) is 5.92 Å². The molecule has 0 aromatic heterocycles. The molecule has 1 saturated carbocycles. The van der Waals surface area contributed by atoms with E-state index in [0.717, 1.165) is 25.4 Å². The van der Waals surface area contributed by atoms with E-state index in [9.17, 15) is 0 Å². The van der Waals surface area contributed by atoms with Crippen molar-refractivity contribution < 1.29 is 4.74 Å². The minimum absolute atomic E-state index is 0.0245. The quantitative estimate of drug-likeness (QED) is 0.817. The van der Waals surface area contributed by atoms with Crippen LogP contribution in [0.25, 0.3) is 0 Å². The zero-order valence-electron chi connectivity index (χ0n) is 12.3. The summed E-state index contributed by atoms with van der Waals surface area (Å²) in [4.78, 5) is 0. The van der Waals surface area contributed by atoms with Crippen molar-refractivity contribution in [3.63, 3.8) is 0 Å². The third-order valence-electron chi connectivity index (χ3n) is 4.28. The lowest BCUT2D eigenvalue weighted by Gasteiger charge is -2.18. The minimum atomic E-state index is -0.0245. The highest BCUT2D eigenvalue weighted by atomic mass is 16.5. The molecule has 2 nitrogen and oxygen atoms in total. The van der Waals surface area contributed by atoms with E-state index in [2.05, 4.69) is 44.3 Å². The number of para-hydroxylation sites is 1.